The molecule has 1 aromatic rings. The van der Waals surface area contributed by atoms with Gasteiger partial charge in [-0.1, -0.05) is 41.4 Å². The Balaban J connectivity index is 2.87. The van der Waals surface area contributed by atoms with Crippen LogP contribution in [0.3, 0.4) is 0 Å². The van der Waals surface area contributed by atoms with Gasteiger partial charge in [0.05, 0.1) is 4.34 Å². The zero-order valence-electron chi connectivity index (χ0n) is 10.5. The van der Waals surface area contributed by atoms with Gasteiger partial charge < -0.3 is 0 Å². The molecule has 0 bridgehead atoms. The summed E-state index contributed by atoms with van der Waals surface area (Å²) in [5, 5.41) is 0.600. The smallest absolute Gasteiger partial charge is 0.207 e. The molecule has 0 saturated carbocycles. The second-order valence-electron chi connectivity index (χ2n) is 4.62. The van der Waals surface area contributed by atoms with Crippen molar-refractivity contribution in [3.63, 3.8) is 0 Å². The predicted octanol–water partition coefficient (Wildman–Crippen LogP) is 3.80. The van der Waals surface area contributed by atoms with Crippen molar-refractivity contribution in [2.75, 3.05) is 5.33 Å². The minimum atomic E-state index is -3.46. The summed E-state index contributed by atoms with van der Waals surface area (Å²) in [6, 6.07) is 1.51. The number of nitrogens with one attached hydrogen (secondary N) is 1. The topological polar surface area (TPSA) is 46.2 Å². The summed E-state index contributed by atoms with van der Waals surface area (Å²) in [4.78, 5) is 0. The highest BCUT2D eigenvalue weighted by atomic mass is 79.9. The van der Waals surface area contributed by atoms with Gasteiger partial charge in [-0.05, 0) is 30.9 Å². The summed E-state index contributed by atoms with van der Waals surface area (Å²) < 4.78 is 27.8. The normalized spacial score (nSPS) is 14.1. The van der Waals surface area contributed by atoms with E-state index in [0.29, 0.717) is 15.6 Å². The first-order chi connectivity index (χ1) is 8.26. The number of aryl methyl sites for hydroxylation is 1. The zero-order valence-corrected chi connectivity index (χ0v) is 14.5. The molecule has 1 heterocycles. The molecule has 1 unspecified atom stereocenters. The van der Waals surface area contributed by atoms with E-state index in [1.54, 1.807) is 13.0 Å². The van der Waals surface area contributed by atoms with E-state index in [1.165, 1.54) is 0 Å². The van der Waals surface area contributed by atoms with Gasteiger partial charge in [0.1, 0.15) is 4.21 Å². The molecule has 0 aliphatic carbocycles. The van der Waals surface area contributed by atoms with Gasteiger partial charge in [0.25, 0.3) is 0 Å². The van der Waals surface area contributed by atoms with Gasteiger partial charge in [-0.3, -0.25) is 0 Å². The first-order valence-electron chi connectivity index (χ1n) is 5.60. The maximum Gasteiger partial charge on any atom is 0.250 e. The Morgan fingerprint density at radius 1 is 1.50 bits per heavy atom. The van der Waals surface area contributed by atoms with Gasteiger partial charge in [-0.15, -0.1) is 11.3 Å². The third kappa shape index (κ3) is 4.49. The van der Waals surface area contributed by atoms with Crippen LogP contribution in [0.4, 0.5) is 0 Å². The van der Waals surface area contributed by atoms with E-state index in [9.17, 15) is 8.42 Å². The van der Waals surface area contributed by atoms with Crippen molar-refractivity contribution < 1.29 is 8.42 Å². The second-order valence-corrected chi connectivity index (χ2v) is 8.87. The molecule has 1 aromatic heterocycles. The molecule has 0 aliphatic heterocycles. The van der Waals surface area contributed by atoms with Gasteiger partial charge in [-0.25, -0.2) is 13.1 Å². The van der Waals surface area contributed by atoms with Crippen LogP contribution in [0.1, 0.15) is 25.8 Å². The fourth-order valence-corrected chi connectivity index (χ4v) is 5.17. The Labute approximate surface area is 126 Å². The van der Waals surface area contributed by atoms with Crippen LogP contribution in [-0.4, -0.2) is 19.8 Å². The van der Waals surface area contributed by atoms with Crippen molar-refractivity contribution in [3.8, 4) is 0 Å². The number of hydrogen-bond donors (Lipinski definition) is 1. The minimum Gasteiger partial charge on any atom is -0.207 e. The summed E-state index contributed by atoms with van der Waals surface area (Å²) in [5.41, 5.74) is 0.793. The van der Waals surface area contributed by atoms with Gasteiger partial charge >= 0.3 is 0 Å². The molecule has 18 heavy (non-hydrogen) atoms. The lowest BCUT2D eigenvalue weighted by atomic mass is 10.1. The van der Waals surface area contributed by atoms with Crippen LogP contribution in [0.25, 0.3) is 0 Å². The van der Waals surface area contributed by atoms with E-state index in [4.69, 9.17) is 11.6 Å². The second kappa shape index (κ2) is 6.70. The zero-order chi connectivity index (χ0) is 13.9. The van der Waals surface area contributed by atoms with Crippen LogP contribution in [0.2, 0.25) is 4.34 Å². The van der Waals surface area contributed by atoms with E-state index >= 15 is 0 Å². The first-order valence-corrected chi connectivity index (χ1v) is 9.40. The van der Waals surface area contributed by atoms with Gasteiger partial charge in [-0.2, -0.15) is 0 Å². The highest BCUT2D eigenvalue weighted by Gasteiger charge is 2.22. The van der Waals surface area contributed by atoms with Crippen molar-refractivity contribution in [2.45, 2.75) is 37.4 Å². The Kier molecular flexibility index (Phi) is 6.12. The maximum absolute atomic E-state index is 12.2. The van der Waals surface area contributed by atoms with Crippen molar-refractivity contribution in [3.05, 3.63) is 16.0 Å². The number of halogens is 2. The molecule has 0 saturated heterocycles. The van der Waals surface area contributed by atoms with Crippen LogP contribution in [-0.2, 0) is 10.0 Å². The SMILES string of the molecule is Cc1cc(S(=O)(=O)NC(CBr)CC(C)C)sc1Cl. The van der Waals surface area contributed by atoms with E-state index in [0.717, 1.165) is 23.3 Å². The molecular weight excluding hydrogens is 358 g/mol. The number of rotatable bonds is 6. The molecule has 0 aliphatic rings. The standard InChI is InChI=1S/C11H17BrClNO2S2/c1-7(2)4-9(6-12)14-18(15,16)10-5-8(3)11(13)17-10/h5,7,9,14H,4,6H2,1-3H3. The fourth-order valence-electron chi connectivity index (χ4n) is 1.55. The molecule has 0 radical (unpaired) electrons. The molecule has 104 valence electrons. The summed E-state index contributed by atoms with van der Waals surface area (Å²) in [6.45, 7) is 5.93. The van der Waals surface area contributed by atoms with Crippen molar-refractivity contribution in [1.29, 1.82) is 0 Å². The molecular formula is C11H17BrClNO2S2. The molecule has 0 aromatic carbocycles. The number of sulfonamides is 1. The third-order valence-corrected chi connectivity index (χ3v) is 6.69. The van der Waals surface area contributed by atoms with Crippen LogP contribution in [0, 0.1) is 12.8 Å². The largest absolute Gasteiger partial charge is 0.250 e. The minimum absolute atomic E-state index is 0.101. The lowest BCUT2D eigenvalue weighted by molar-refractivity contribution is 0.489. The van der Waals surface area contributed by atoms with Crippen LogP contribution in [0.15, 0.2) is 10.3 Å². The lowest BCUT2D eigenvalue weighted by Gasteiger charge is -2.17. The molecule has 0 amide bonds. The predicted molar refractivity (Wildman–Crippen MR) is 81.4 cm³/mol. The van der Waals surface area contributed by atoms with E-state index in [1.807, 2.05) is 0 Å². The van der Waals surface area contributed by atoms with Gasteiger partial charge in [0, 0.05) is 11.4 Å². The lowest BCUT2D eigenvalue weighted by Crippen LogP contribution is -2.36. The first kappa shape index (κ1) is 16.4. The third-order valence-electron chi connectivity index (χ3n) is 2.36. The quantitative estimate of drug-likeness (QED) is 0.770. The number of thiophene rings is 1. The molecule has 1 atom stereocenters. The van der Waals surface area contributed by atoms with E-state index in [-0.39, 0.29) is 10.3 Å². The highest BCUT2D eigenvalue weighted by molar-refractivity contribution is 9.09. The van der Waals surface area contributed by atoms with E-state index in [2.05, 4.69) is 34.5 Å². The summed E-state index contributed by atoms with van der Waals surface area (Å²) >= 11 is 10.3. The van der Waals surface area contributed by atoms with Crippen molar-refractivity contribution >= 4 is 48.9 Å². The highest BCUT2D eigenvalue weighted by Crippen LogP contribution is 2.30. The Morgan fingerprint density at radius 2 is 2.11 bits per heavy atom. The van der Waals surface area contributed by atoms with Gasteiger partial charge in [0.2, 0.25) is 10.0 Å². The molecule has 3 nitrogen and oxygen atoms in total. The molecule has 0 fully saturated rings. The molecule has 0 spiro atoms. The van der Waals surface area contributed by atoms with E-state index < -0.39 is 10.0 Å². The Bertz CT molecular complexity index is 480. The Morgan fingerprint density at radius 3 is 2.50 bits per heavy atom. The monoisotopic (exact) mass is 373 g/mol. The van der Waals surface area contributed by atoms with Crippen LogP contribution >= 0.6 is 38.9 Å². The Hall–Kier alpha value is 0.380. The molecule has 1 N–H and O–H groups in total. The maximum atomic E-state index is 12.2. The number of alkyl halides is 1. The summed E-state index contributed by atoms with van der Waals surface area (Å²) in [6.07, 6.45) is 0.794. The van der Waals surface area contributed by atoms with Crippen molar-refractivity contribution in [1.82, 2.24) is 4.72 Å². The molecule has 1 rings (SSSR count). The fraction of sp³-hybridized carbons (Fsp3) is 0.636. The average Bonchev–Trinajstić information content (AvgIpc) is 2.58. The summed E-state index contributed by atoms with van der Waals surface area (Å²) in [7, 11) is -3.46. The van der Waals surface area contributed by atoms with Crippen LogP contribution in [0.5, 0.6) is 0 Å². The summed E-state index contributed by atoms with van der Waals surface area (Å²) in [5.74, 6) is 0.434. The molecule has 7 heteroatoms. The van der Waals surface area contributed by atoms with Crippen molar-refractivity contribution in [2.24, 2.45) is 5.92 Å². The number of hydrogen-bond acceptors (Lipinski definition) is 3. The van der Waals surface area contributed by atoms with Crippen LogP contribution < -0.4 is 4.72 Å². The average molecular weight is 375 g/mol. The van der Waals surface area contributed by atoms with Gasteiger partial charge in [0.15, 0.2) is 0 Å².